The van der Waals surface area contributed by atoms with Gasteiger partial charge in [0.25, 0.3) is 6.43 Å². The van der Waals surface area contributed by atoms with Gasteiger partial charge in [-0.25, -0.2) is 8.78 Å². The number of aromatic nitrogens is 2. The highest BCUT2D eigenvalue weighted by Gasteiger charge is 2.34. The summed E-state index contributed by atoms with van der Waals surface area (Å²) in [4.78, 5) is 11.7. The van der Waals surface area contributed by atoms with Crippen LogP contribution in [0, 0.1) is 5.92 Å². The molecule has 0 spiro atoms. The molecule has 7 heteroatoms. The van der Waals surface area contributed by atoms with Gasteiger partial charge >= 0.3 is 5.97 Å². The van der Waals surface area contributed by atoms with Crippen LogP contribution < -0.4 is 5.73 Å². The largest absolute Gasteiger partial charge is 0.469 e. The van der Waals surface area contributed by atoms with Gasteiger partial charge in [0, 0.05) is 6.20 Å². The molecule has 106 valence electrons. The Morgan fingerprint density at radius 3 is 2.79 bits per heavy atom. The summed E-state index contributed by atoms with van der Waals surface area (Å²) >= 11 is 0. The number of ether oxygens (including phenoxy) is 1. The summed E-state index contributed by atoms with van der Waals surface area (Å²) in [5.74, 6) is -0.666. The Morgan fingerprint density at radius 1 is 1.53 bits per heavy atom. The van der Waals surface area contributed by atoms with Gasteiger partial charge in [-0.05, 0) is 12.8 Å². The second kappa shape index (κ2) is 5.54. The van der Waals surface area contributed by atoms with Crippen LogP contribution in [-0.2, 0) is 9.53 Å². The summed E-state index contributed by atoms with van der Waals surface area (Å²) in [6.07, 6.45) is 1.93. The Labute approximate surface area is 109 Å². The minimum Gasteiger partial charge on any atom is -0.469 e. The zero-order valence-electron chi connectivity index (χ0n) is 10.7. The van der Waals surface area contributed by atoms with Crippen molar-refractivity contribution in [2.75, 3.05) is 12.8 Å². The SMILES string of the molecule is COC(=O)C1CCCCC1n1cc(N)c(C(F)F)n1. The first-order chi connectivity index (χ1) is 9.04. The fraction of sp³-hybridized carbons (Fsp3) is 0.667. The zero-order chi connectivity index (χ0) is 14.0. The molecule has 1 aromatic heterocycles. The molecule has 1 aliphatic carbocycles. The van der Waals surface area contributed by atoms with Crippen LogP contribution in [0.15, 0.2) is 6.20 Å². The molecule has 0 bridgehead atoms. The number of carbonyl (C=O) groups excluding carboxylic acids is 1. The molecule has 0 aromatic carbocycles. The number of hydrogen-bond acceptors (Lipinski definition) is 4. The summed E-state index contributed by atoms with van der Waals surface area (Å²) < 4.78 is 31.5. The maximum atomic E-state index is 12.7. The highest BCUT2D eigenvalue weighted by atomic mass is 19.3. The first-order valence-electron chi connectivity index (χ1n) is 6.25. The molecule has 1 heterocycles. The topological polar surface area (TPSA) is 70.1 Å². The van der Waals surface area contributed by atoms with Crippen molar-refractivity contribution in [2.24, 2.45) is 5.92 Å². The third-order valence-corrected chi connectivity index (χ3v) is 3.57. The maximum Gasteiger partial charge on any atom is 0.310 e. The van der Waals surface area contributed by atoms with Gasteiger partial charge in [-0.1, -0.05) is 12.8 Å². The van der Waals surface area contributed by atoms with Gasteiger partial charge in [-0.3, -0.25) is 9.48 Å². The molecule has 1 aromatic rings. The van der Waals surface area contributed by atoms with Crippen molar-refractivity contribution < 1.29 is 18.3 Å². The Balaban J connectivity index is 2.27. The van der Waals surface area contributed by atoms with Crippen LogP contribution in [0.3, 0.4) is 0 Å². The van der Waals surface area contributed by atoms with Gasteiger partial charge in [-0.2, -0.15) is 5.10 Å². The molecule has 2 rings (SSSR count). The van der Waals surface area contributed by atoms with Crippen molar-refractivity contribution in [3.63, 3.8) is 0 Å². The lowest BCUT2D eigenvalue weighted by Gasteiger charge is -2.29. The van der Waals surface area contributed by atoms with Crippen LogP contribution >= 0.6 is 0 Å². The highest BCUT2D eigenvalue weighted by Crippen LogP contribution is 2.36. The van der Waals surface area contributed by atoms with Gasteiger partial charge in [0.2, 0.25) is 0 Å². The third kappa shape index (κ3) is 2.69. The van der Waals surface area contributed by atoms with E-state index in [2.05, 4.69) is 5.10 Å². The molecule has 1 saturated carbocycles. The van der Waals surface area contributed by atoms with Crippen molar-refractivity contribution in [1.82, 2.24) is 9.78 Å². The Hall–Kier alpha value is -1.66. The molecule has 0 amide bonds. The predicted molar refractivity (Wildman–Crippen MR) is 64.6 cm³/mol. The van der Waals surface area contributed by atoms with Gasteiger partial charge < -0.3 is 10.5 Å². The van der Waals surface area contributed by atoms with Crippen molar-refractivity contribution in [3.8, 4) is 0 Å². The molecule has 2 N–H and O–H groups in total. The molecule has 0 aliphatic heterocycles. The van der Waals surface area contributed by atoms with Gasteiger partial charge in [-0.15, -0.1) is 0 Å². The predicted octanol–water partition coefficient (Wildman–Crippen LogP) is 2.31. The van der Waals surface area contributed by atoms with Crippen molar-refractivity contribution in [3.05, 3.63) is 11.9 Å². The van der Waals surface area contributed by atoms with Crippen LogP contribution in [0.25, 0.3) is 0 Å². The summed E-state index contributed by atoms with van der Waals surface area (Å²) in [5.41, 5.74) is 5.06. The quantitative estimate of drug-likeness (QED) is 0.858. The van der Waals surface area contributed by atoms with Crippen LogP contribution in [-0.4, -0.2) is 22.9 Å². The van der Waals surface area contributed by atoms with E-state index in [0.717, 1.165) is 12.8 Å². The van der Waals surface area contributed by atoms with Crippen LogP contribution in [0.4, 0.5) is 14.5 Å². The van der Waals surface area contributed by atoms with Crippen LogP contribution in [0.5, 0.6) is 0 Å². The second-order valence-corrected chi connectivity index (χ2v) is 4.73. The molecular formula is C12H17F2N3O2. The summed E-state index contributed by atoms with van der Waals surface area (Å²) in [6.45, 7) is 0. The number of nitrogens with two attached hydrogens (primary N) is 1. The number of nitrogens with zero attached hydrogens (tertiary/aromatic N) is 2. The average molecular weight is 273 g/mol. The number of halogens is 2. The fourth-order valence-electron chi connectivity index (χ4n) is 2.61. The molecule has 0 saturated heterocycles. The average Bonchev–Trinajstić information content (AvgIpc) is 2.80. The molecule has 1 fully saturated rings. The second-order valence-electron chi connectivity index (χ2n) is 4.73. The minimum absolute atomic E-state index is 0.0378. The molecule has 1 aliphatic rings. The number of nitrogen functional groups attached to an aromatic ring is 1. The standard InChI is InChI=1S/C12H17F2N3O2/c1-19-12(18)7-4-2-3-5-9(7)17-6-8(15)10(16-17)11(13)14/h6-7,9,11H,2-5,15H2,1H3. The van der Waals surface area contributed by atoms with Gasteiger partial charge in [0.15, 0.2) is 5.69 Å². The van der Waals surface area contributed by atoms with E-state index in [0.29, 0.717) is 12.8 Å². The van der Waals surface area contributed by atoms with E-state index >= 15 is 0 Å². The highest BCUT2D eigenvalue weighted by molar-refractivity contribution is 5.73. The molecule has 5 nitrogen and oxygen atoms in total. The summed E-state index contributed by atoms with van der Waals surface area (Å²) in [7, 11) is 1.33. The Bertz CT molecular complexity index is 462. The number of hydrogen-bond donors (Lipinski definition) is 1. The molecule has 2 atom stereocenters. The number of rotatable bonds is 3. The molecule has 0 radical (unpaired) electrons. The van der Waals surface area contributed by atoms with E-state index in [4.69, 9.17) is 10.5 Å². The first-order valence-corrected chi connectivity index (χ1v) is 6.25. The number of anilines is 1. The summed E-state index contributed by atoms with van der Waals surface area (Å²) in [5, 5.41) is 3.83. The number of alkyl halides is 2. The first kappa shape index (κ1) is 13.8. The van der Waals surface area contributed by atoms with E-state index < -0.39 is 12.1 Å². The number of methoxy groups -OCH3 is 1. The lowest BCUT2D eigenvalue weighted by molar-refractivity contribution is -0.148. The van der Waals surface area contributed by atoms with Crippen LogP contribution in [0.2, 0.25) is 0 Å². The lowest BCUT2D eigenvalue weighted by atomic mass is 9.84. The van der Waals surface area contributed by atoms with E-state index in [1.807, 2.05) is 0 Å². The minimum atomic E-state index is -2.71. The Kier molecular flexibility index (Phi) is 4.01. The van der Waals surface area contributed by atoms with E-state index in [1.54, 1.807) is 0 Å². The van der Waals surface area contributed by atoms with Gasteiger partial charge in [0.05, 0.1) is 24.8 Å². The third-order valence-electron chi connectivity index (χ3n) is 3.57. The molecule has 2 unspecified atom stereocenters. The van der Waals surface area contributed by atoms with E-state index in [1.165, 1.54) is 18.0 Å². The molecule has 19 heavy (non-hydrogen) atoms. The van der Waals surface area contributed by atoms with E-state index in [9.17, 15) is 13.6 Å². The Morgan fingerprint density at radius 2 is 2.21 bits per heavy atom. The number of esters is 1. The van der Waals surface area contributed by atoms with Gasteiger partial charge in [0.1, 0.15) is 0 Å². The van der Waals surface area contributed by atoms with Crippen molar-refractivity contribution in [1.29, 1.82) is 0 Å². The zero-order valence-corrected chi connectivity index (χ0v) is 10.7. The number of carbonyl (C=O) groups is 1. The normalized spacial score (nSPS) is 23.6. The molecular weight excluding hydrogens is 256 g/mol. The maximum absolute atomic E-state index is 12.7. The summed E-state index contributed by atoms with van der Waals surface area (Å²) in [6, 6.07) is -0.254. The van der Waals surface area contributed by atoms with E-state index in [-0.39, 0.29) is 23.6 Å². The smallest absolute Gasteiger partial charge is 0.310 e. The monoisotopic (exact) mass is 273 g/mol. The van der Waals surface area contributed by atoms with Crippen molar-refractivity contribution >= 4 is 11.7 Å². The fourth-order valence-corrected chi connectivity index (χ4v) is 2.61. The lowest BCUT2D eigenvalue weighted by Crippen LogP contribution is -2.30. The van der Waals surface area contributed by atoms with Crippen molar-refractivity contribution in [2.45, 2.75) is 38.2 Å². The van der Waals surface area contributed by atoms with Crippen LogP contribution in [0.1, 0.15) is 43.8 Å².